The van der Waals surface area contributed by atoms with Crippen LogP contribution in [0.1, 0.15) is 25.7 Å². The Morgan fingerprint density at radius 1 is 1.03 bits per heavy atom. The zero-order valence-electron chi connectivity index (χ0n) is 17.1. The number of hydrogen-bond acceptors (Lipinski definition) is 7. The minimum absolute atomic E-state index is 0.0341. The first-order chi connectivity index (χ1) is 14.8. The molecule has 5 rings (SSSR count). The number of fused-ring (bicyclic) bond motifs is 1. The van der Waals surface area contributed by atoms with Gasteiger partial charge in [0, 0.05) is 43.3 Å². The van der Waals surface area contributed by atoms with Gasteiger partial charge in [-0.1, -0.05) is 0 Å². The summed E-state index contributed by atoms with van der Waals surface area (Å²) in [6.45, 7) is 4.30. The van der Waals surface area contributed by atoms with Crippen molar-refractivity contribution >= 4 is 22.6 Å². The second-order valence-corrected chi connectivity index (χ2v) is 8.30. The molecule has 160 valence electrons. The molecule has 8 nitrogen and oxygen atoms in total. The third kappa shape index (κ3) is 4.20. The van der Waals surface area contributed by atoms with Crippen molar-refractivity contribution < 1.29 is 19.0 Å². The van der Waals surface area contributed by atoms with Crippen LogP contribution in [0.3, 0.4) is 0 Å². The van der Waals surface area contributed by atoms with E-state index in [0.29, 0.717) is 13.2 Å². The molecule has 3 aliphatic rings. The molecule has 1 amide bonds. The van der Waals surface area contributed by atoms with Gasteiger partial charge in [0.2, 0.25) is 5.91 Å². The molecule has 1 saturated carbocycles. The second-order valence-electron chi connectivity index (χ2n) is 8.30. The van der Waals surface area contributed by atoms with Crippen LogP contribution >= 0.6 is 0 Å². The molecular weight excluding hydrogens is 384 g/mol. The molecule has 3 heterocycles. The number of carbonyl (C=O) groups excluding carboxylic acids is 1. The molecule has 8 heteroatoms. The van der Waals surface area contributed by atoms with E-state index < -0.39 is 0 Å². The van der Waals surface area contributed by atoms with Gasteiger partial charge in [0.05, 0.1) is 44.0 Å². The van der Waals surface area contributed by atoms with Gasteiger partial charge in [0.25, 0.3) is 0 Å². The number of morpholine rings is 1. The average Bonchev–Trinajstić information content (AvgIpc) is 2.74. The molecule has 2 aromatic rings. The Morgan fingerprint density at radius 3 is 2.53 bits per heavy atom. The molecule has 0 atom stereocenters. The van der Waals surface area contributed by atoms with Crippen molar-refractivity contribution in [2.24, 2.45) is 5.92 Å². The summed E-state index contributed by atoms with van der Waals surface area (Å²) in [7, 11) is 0. The lowest BCUT2D eigenvalue weighted by atomic mass is 9.92. The zero-order chi connectivity index (χ0) is 20.3. The Bertz CT molecular complexity index is 890. The first-order valence-corrected chi connectivity index (χ1v) is 10.9. The lowest BCUT2D eigenvalue weighted by Crippen LogP contribution is -2.47. The van der Waals surface area contributed by atoms with Crippen LogP contribution in [0.25, 0.3) is 11.0 Å². The van der Waals surface area contributed by atoms with Gasteiger partial charge in [0.1, 0.15) is 11.3 Å². The summed E-state index contributed by atoms with van der Waals surface area (Å²) in [5.74, 6) is 0.957. The van der Waals surface area contributed by atoms with E-state index in [0.717, 1.165) is 74.5 Å². The van der Waals surface area contributed by atoms with Crippen molar-refractivity contribution in [2.75, 3.05) is 44.4 Å². The van der Waals surface area contributed by atoms with E-state index in [4.69, 9.17) is 14.2 Å². The Balaban J connectivity index is 1.26. The summed E-state index contributed by atoms with van der Waals surface area (Å²) in [6, 6.07) is 4.40. The number of hydrogen-bond donors (Lipinski definition) is 1. The van der Waals surface area contributed by atoms with E-state index in [1.54, 1.807) is 12.4 Å². The number of benzene rings is 1. The number of anilines is 1. The molecule has 30 heavy (non-hydrogen) atoms. The number of aromatic nitrogens is 2. The highest BCUT2D eigenvalue weighted by Gasteiger charge is 2.30. The first-order valence-electron chi connectivity index (χ1n) is 10.9. The number of rotatable bonds is 5. The quantitative estimate of drug-likeness (QED) is 0.803. The summed E-state index contributed by atoms with van der Waals surface area (Å²) in [5.41, 5.74) is 2.75. The van der Waals surface area contributed by atoms with Gasteiger partial charge in [-0.2, -0.15) is 0 Å². The minimum Gasteiger partial charge on any atom is -0.488 e. The zero-order valence-corrected chi connectivity index (χ0v) is 17.1. The first kappa shape index (κ1) is 19.5. The highest BCUT2D eigenvalue weighted by atomic mass is 16.5. The van der Waals surface area contributed by atoms with Crippen LogP contribution < -0.4 is 15.0 Å². The highest BCUT2D eigenvalue weighted by Crippen LogP contribution is 2.33. The van der Waals surface area contributed by atoms with E-state index in [-0.39, 0.29) is 24.0 Å². The van der Waals surface area contributed by atoms with E-state index in [2.05, 4.69) is 32.3 Å². The van der Waals surface area contributed by atoms with Gasteiger partial charge in [-0.3, -0.25) is 9.78 Å². The van der Waals surface area contributed by atoms with E-state index in [9.17, 15) is 4.79 Å². The minimum atomic E-state index is 0.0341. The van der Waals surface area contributed by atoms with Crippen LogP contribution in [-0.2, 0) is 14.3 Å². The normalized spacial score (nSPS) is 25.0. The van der Waals surface area contributed by atoms with Crippen LogP contribution in [0, 0.1) is 5.92 Å². The molecule has 0 unspecified atom stereocenters. The Labute approximate surface area is 175 Å². The van der Waals surface area contributed by atoms with Gasteiger partial charge in [-0.15, -0.1) is 0 Å². The SMILES string of the molecule is O=C(N[C@H]1CC[C@@H](Oc2cc(N3CCOCC3)cc3nccnc23)CC1)C1COC1. The maximum atomic E-state index is 12.1. The van der Waals surface area contributed by atoms with Crippen molar-refractivity contribution in [3.63, 3.8) is 0 Å². The summed E-state index contributed by atoms with van der Waals surface area (Å²) < 4.78 is 17.0. The van der Waals surface area contributed by atoms with Gasteiger partial charge in [0.15, 0.2) is 0 Å². The van der Waals surface area contributed by atoms with Crippen molar-refractivity contribution in [3.8, 4) is 5.75 Å². The Hall–Kier alpha value is -2.45. The number of ether oxygens (including phenoxy) is 3. The Kier molecular flexibility index (Phi) is 5.68. The molecular formula is C22H28N4O4. The van der Waals surface area contributed by atoms with Crippen molar-refractivity contribution in [3.05, 3.63) is 24.5 Å². The van der Waals surface area contributed by atoms with Gasteiger partial charge in [-0.05, 0) is 31.7 Å². The molecule has 1 N–H and O–H groups in total. The number of amides is 1. The fourth-order valence-electron chi connectivity index (χ4n) is 4.33. The molecule has 2 saturated heterocycles. The van der Waals surface area contributed by atoms with Crippen molar-refractivity contribution in [2.45, 2.75) is 37.8 Å². The third-order valence-electron chi connectivity index (χ3n) is 6.22. The number of nitrogens with one attached hydrogen (secondary N) is 1. The molecule has 0 bridgehead atoms. The highest BCUT2D eigenvalue weighted by molar-refractivity contribution is 5.85. The fourth-order valence-corrected chi connectivity index (χ4v) is 4.33. The summed E-state index contributed by atoms with van der Waals surface area (Å²) >= 11 is 0. The van der Waals surface area contributed by atoms with Gasteiger partial charge < -0.3 is 24.4 Å². The molecule has 1 aliphatic carbocycles. The van der Waals surface area contributed by atoms with Gasteiger partial charge in [-0.25, -0.2) is 4.98 Å². The molecule has 3 fully saturated rings. The largest absolute Gasteiger partial charge is 0.488 e. The molecule has 2 aliphatic heterocycles. The predicted molar refractivity (Wildman–Crippen MR) is 112 cm³/mol. The summed E-state index contributed by atoms with van der Waals surface area (Å²) in [5, 5.41) is 3.17. The summed E-state index contributed by atoms with van der Waals surface area (Å²) in [6.07, 6.45) is 7.23. The fraction of sp³-hybridized carbons (Fsp3) is 0.591. The van der Waals surface area contributed by atoms with E-state index >= 15 is 0 Å². The monoisotopic (exact) mass is 412 g/mol. The average molecular weight is 412 g/mol. The topological polar surface area (TPSA) is 85.8 Å². The maximum absolute atomic E-state index is 12.1. The van der Waals surface area contributed by atoms with Crippen LogP contribution in [0.2, 0.25) is 0 Å². The second kappa shape index (κ2) is 8.73. The summed E-state index contributed by atoms with van der Waals surface area (Å²) in [4.78, 5) is 23.5. The van der Waals surface area contributed by atoms with Crippen LogP contribution in [0.15, 0.2) is 24.5 Å². The molecule has 1 aromatic carbocycles. The number of carbonyl (C=O) groups is 1. The smallest absolute Gasteiger partial charge is 0.228 e. The maximum Gasteiger partial charge on any atom is 0.228 e. The standard InChI is InChI=1S/C22H28N4O4/c27-22(15-13-29-14-15)25-16-1-3-18(4-2-16)30-20-12-17(26-7-9-28-10-8-26)11-19-21(20)24-6-5-23-19/h5-6,11-12,15-16,18H,1-4,7-10,13-14H2,(H,25,27)/t16-,18+. The third-order valence-corrected chi connectivity index (χ3v) is 6.22. The lowest BCUT2D eigenvalue weighted by Gasteiger charge is -2.33. The predicted octanol–water partition coefficient (Wildman–Crippen LogP) is 1.92. The Morgan fingerprint density at radius 2 is 1.80 bits per heavy atom. The van der Waals surface area contributed by atoms with E-state index in [1.807, 2.05) is 0 Å². The lowest BCUT2D eigenvalue weighted by molar-refractivity contribution is -0.139. The van der Waals surface area contributed by atoms with Crippen LogP contribution in [-0.4, -0.2) is 67.5 Å². The van der Waals surface area contributed by atoms with Crippen molar-refractivity contribution in [1.29, 1.82) is 0 Å². The molecule has 0 spiro atoms. The molecule has 1 aromatic heterocycles. The van der Waals surface area contributed by atoms with Crippen molar-refractivity contribution in [1.82, 2.24) is 15.3 Å². The van der Waals surface area contributed by atoms with E-state index in [1.165, 1.54) is 0 Å². The molecule has 0 radical (unpaired) electrons. The van der Waals surface area contributed by atoms with Gasteiger partial charge >= 0.3 is 0 Å². The number of nitrogens with zero attached hydrogens (tertiary/aromatic N) is 3. The van der Waals surface area contributed by atoms with Crippen LogP contribution in [0.4, 0.5) is 5.69 Å². The van der Waals surface area contributed by atoms with Crippen LogP contribution in [0.5, 0.6) is 5.75 Å².